The second-order valence-electron chi connectivity index (χ2n) is 3.27. The van der Waals surface area contributed by atoms with E-state index in [2.05, 4.69) is 0 Å². The first-order chi connectivity index (χ1) is 7.75. The third-order valence-electron chi connectivity index (χ3n) is 2.10. The fourth-order valence-corrected chi connectivity index (χ4v) is 1.98. The third kappa shape index (κ3) is 2.67. The topological polar surface area (TPSA) is 42.2 Å². The molecule has 4 heteroatoms. The summed E-state index contributed by atoms with van der Waals surface area (Å²) in [5.41, 5.74) is 1.07. The predicted octanol–water partition coefficient (Wildman–Crippen LogP) is 2.65. The fourth-order valence-electron chi connectivity index (χ4n) is 1.37. The summed E-state index contributed by atoms with van der Waals surface area (Å²) < 4.78 is 2.01. The first-order valence-corrected chi connectivity index (χ1v) is 5.82. The molecule has 0 atom stereocenters. The zero-order chi connectivity index (χ0) is 11.4. The van der Waals surface area contributed by atoms with Crippen molar-refractivity contribution in [1.82, 2.24) is 4.57 Å². The summed E-state index contributed by atoms with van der Waals surface area (Å²) in [6.07, 6.45) is 3.94. The van der Waals surface area contributed by atoms with Crippen molar-refractivity contribution in [2.75, 3.05) is 5.75 Å². The van der Waals surface area contributed by atoms with E-state index in [9.17, 15) is 4.79 Å². The van der Waals surface area contributed by atoms with Crippen LogP contribution in [0.15, 0.2) is 53.7 Å². The SMILES string of the molecule is O=C(O)CSc1ccc(-n2cccc2)cc1. The van der Waals surface area contributed by atoms with Crippen LogP contribution in [-0.4, -0.2) is 21.4 Å². The maximum atomic E-state index is 10.4. The molecule has 0 spiro atoms. The second kappa shape index (κ2) is 4.90. The van der Waals surface area contributed by atoms with Crippen molar-refractivity contribution >= 4 is 17.7 Å². The number of hydrogen-bond acceptors (Lipinski definition) is 2. The standard InChI is InChI=1S/C12H11NO2S/c14-12(15)9-16-11-5-3-10(4-6-11)13-7-1-2-8-13/h1-8H,9H2,(H,14,15). The molecule has 0 radical (unpaired) electrons. The molecule has 0 bridgehead atoms. The number of nitrogens with zero attached hydrogens (tertiary/aromatic N) is 1. The lowest BCUT2D eigenvalue weighted by Crippen LogP contribution is -1.97. The smallest absolute Gasteiger partial charge is 0.313 e. The lowest BCUT2D eigenvalue weighted by molar-refractivity contribution is -0.133. The van der Waals surface area contributed by atoms with Gasteiger partial charge in [0.2, 0.25) is 0 Å². The molecule has 16 heavy (non-hydrogen) atoms. The number of aliphatic carboxylic acids is 1. The van der Waals surface area contributed by atoms with Crippen LogP contribution >= 0.6 is 11.8 Å². The van der Waals surface area contributed by atoms with Crippen molar-refractivity contribution in [3.63, 3.8) is 0 Å². The van der Waals surface area contributed by atoms with Crippen LogP contribution in [0.5, 0.6) is 0 Å². The van der Waals surface area contributed by atoms with Gasteiger partial charge >= 0.3 is 5.97 Å². The van der Waals surface area contributed by atoms with Crippen molar-refractivity contribution < 1.29 is 9.90 Å². The van der Waals surface area contributed by atoms with Crippen LogP contribution in [0, 0.1) is 0 Å². The van der Waals surface area contributed by atoms with Gasteiger partial charge in [0.1, 0.15) is 0 Å². The van der Waals surface area contributed by atoms with Crippen LogP contribution in [0.4, 0.5) is 0 Å². The molecule has 3 nitrogen and oxygen atoms in total. The summed E-state index contributed by atoms with van der Waals surface area (Å²) in [7, 11) is 0. The maximum Gasteiger partial charge on any atom is 0.313 e. The van der Waals surface area contributed by atoms with Crippen LogP contribution in [-0.2, 0) is 4.79 Å². The zero-order valence-electron chi connectivity index (χ0n) is 8.54. The van der Waals surface area contributed by atoms with E-state index in [4.69, 9.17) is 5.11 Å². The number of carbonyl (C=O) groups is 1. The van der Waals surface area contributed by atoms with E-state index >= 15 is 0 Å². The molecule has 0 aliphatic heterocycles. The second-order valence-corrected chi connectivity index (χ2v) is 4.32. The number of benzene rings is 1. The van der Waals surface area contributed by atoms with Crippen LogP contribution in [0.2, 0.25) is 0 Å². The molecule has 1 aromatic carbocycles. The van der Waals surface area contributed by atoms with Gasteiger partial charge in [-0.25, -0.2) is 0 Å². The summed E-state index contributed by atoms with van der Waals surface area (Å²) in [6.45, 7) is 0. The molecule has 0 aliphatic rings. The van der Waals surface area contributed by atoms with Gasteiger partial charge < -0.3 is 9.67 Å². The van der Waals surface area contributed by atoms with Crippen molar-refractivity contribution in [2.45, 2.75) is 4.90 Å². The van der Waals surface area contributed by atoms with Gasteiger partial charge in [0.15, 0.2) is 0 Å². The van der Waals surface area contributed by atoms with Crippen LogP contribution in [0.1, 0.15) is 0 Å². The largest absolute Gasteiger partial charge is 0.481 e. The van der Waals surface area contributed by atoms with Gasteiger partial charge in [-0.3, -0.25) is 4.79 Å². The average Bonchev–Trinajstić information content (AvgIpc) is 2.80. The summed E-state index contributed by atoms with van der Waals surface area (Å²) in [4.78, 5) is 11.4. The molecular weight excluding hydrogens is 222 g/mol. The monoisotopic (exact) mass is 233 g/mol. The number of rotatable bonds is 4. The highest BCUT2D eigenvalue weighted by molar-refractivity contribution is 8.00. The molecule has 0 unspecified atom stereocenters. The third-order valence-corrected chi connectivity index (χ3v) is 3.10. The van der Waals surface area contributed by atoms with Crippen LogP contribution < -0.4 is 0 Å². The van der Waals surface area contributed by atoms with Gasteiger partial charge in [0, 0.05) is 23.0 Å². The number of thioether (sulfide) groups is 1. The first kappa shape index (κ1) is 10.8. The minimum atomic E-state index is -0.792. The van der Waals surface area contributed by atoms with E-state index in [0.29, 0.717) is 0 Å². The quantitative estimate of drug-likeness (QED) is 0.825. The predicted molar refractivity (Wildman–Crippen MR) is 64.1 cm³/mol. The molecule has 0 fully saturated rings. The van der Waals surface area contributed by atoms with Gasteiger partial charge in [-0.15, -0.1) is 11.8 Å². The summed E-state index contributed by atoms with van der Waals surface area (Å²) >= 11 is 1.33. The van der Waals surface area contributed by atoms with Crippen molar-refractivity contribution in [1.29, 1.82) is 0 Å². The van der Waals surface area contributed by atoms with Gasteiger partial charge in [-0.1, -0.05) is 0 Å². The van der Waals surface area contributed by atoms with Gasteiger partial charge in [0.05, 0.1) is 5.75 Å². The van der Waals surface area contributed by atoms with Crippen LogP contribution in [0.25, 0.3) is 5.69 Å². The molecule has 1 heterocycles. The van der Waals surface area contributed by atoms with Gasteiger partial charge in [-0.2, -0.15) is 0 Å². The summed E-state index contributed by atoms with van der Waals surface area (Å²) in [6, 6.07) is 11.8. The highest BCUT2D eigenvalue weighted by Gasteiger charge is 2.00. The molecule has 2 aromatic rings. The average molecular weight is 233 g/mol. The van der Waals surface area contributed by atoms with E-state index in [1.165, 1.54) is 11.8 Å². The Hall–Kier alpha value is -1.68. The number of carboxylic acid groups (broad SMARTS) is 1. The Morgan fingerprint density at radius 1 is 1.19 bits per heavy atom. The zero-order valence-corrected chi connectivity index (χ0v) is 9.35. The Bertz CT molecular complexity index is 462. The molecular formula is C12H11NO2S. The normalized spacial score (nSPS) is 10.2. The van der Waals surface area contributed by atoms with E-state index in [1.807, 2.05) is 53.4 Å². The Morgan fingerprint density at radius 3 is 2.38 bits per heavy atom. The van der Waals surface area contributed by atoms with Crippen molar-refractivity contribution in [2.24, 2.45) is 0 Å². The fraction of sp³-hybridized carbons (Fsp3) is 0.0833. The van der Waals surface area contributed by atoms with Crippen LogP contribution in [0.3, 0.4) is 0 Å². The van der Waals surface area contributed by atoms with E-state index in [-0.39, 0.29) is 5.75 Å². The minimum absolute atomic E-state index is 0.100. The molecule has 0 saturated heterocycles. The first-order valence-electron chi connectivity index (χ1n) is 4.84. The Kier molecular flexibility index (Phi) is 3.31. The molecule has 82 valence electrons. The molecule has 0 amide bonds. The van der Waals surface area contributed by atoms with Crippen molar-refractivity contribution in [3.8, 4) is 5.69 Å². The Morgan fingerprint density at radius 2 is 1.81 bits per heavy atom. The maximum absolute atomic E-state index is 10.4. The number of hydrogen-bond donors (Lipinski definition) is 1. The highest BCUT2D eigenvalue weighted by Crippen LogP contribution is 2.19. The van der Waals surface area contributed by atoms with Gasteiger partial charge in [-0.05, 0) is 36.4 Å². The van der Waals surface area contributed by atoms with Gasteiger partial charge in [0.25, 0.3) is 0 Å². The Balaban J connectivity index is 2.08. The molecule has 0 saturated carbocycles. The van der Waals surface area contributed by atoms with Crippen molar-refractivity contribution in [3.05, 3.63) is 48.8 Å². The number of carboxylic acids is 1. The highest BCUT2D eigenvalue weighted by atomic mass is 32.2. The lowest BCUT2D eigenvalue weighted by Gasteiger charge is -2.04. The van der Waals surface area contributed by atoms with E-state index in [1.54, 1.807) is 0 Å². The lowest BCUT2D eigenvalue weighted by atomic mass is 10.3. The summed E-state index contributed by atoms with van der Waals surface area (Å²) in [5, 5.41) is 8.55. The molecule has 2 rings (SSSR count). The molecule has 0 aliphatic carbocycles. The minimum Gasteiger partial charge on any atom is -0.481 e. The summed E-state index contributed by atoms with van der Waals surface area (Å²) in [5.74, 6) is -0.692. The Labute approximate surface area is 97.7 Å². The van der Waals surface area contributed by atoms with E-state index < -0.39 is 5.97 Å². The number of aromatic nitrogens is 1. The van der Waals surface area contributed by atoms with E-state index in [0.717, 1.165) is 10.6 Å². The molecule has 1 N–H and O–H groups in total. The molecule has 1 aromatic heterocycles.